The molecule has 1 N–H and O–H groups in total. The standard InChI is InChI=1S/C18H21N3O3/c1-5-15-16(10-19-4)20-18(21-17(15)22)24-14-8-6-13(7-9-14)23-11-12(2)3/h5-10,12H,4,11H2,1-3H3,(H,20,21,22)/b15-5+,16-10+. The summed E-state index contributed by atoms with van der Waals surface area (Å²) in [6, 6.07) is 7.16. The topological polar surface area (TPSA) is 76.8 Å². The number of hydrogen-bond donors (Lipinski definition) is 1. The van der Waals surface area contributed by atoms with Gasteiger partial charge in [0, 0.05) is 0 Å². The van der Waals surface area contributed by atoms with Crippen LogP contribution in [0.25, 0.3) is 12.3 Å². The van der Waals surface area contributed by atoms with Gasteiger partial charge in [-0.15, -0.1) is 0 Å². The van der Waals surface area contributed by atoms with Gasteiger partial charge < -0.3 is 14.6 Å². The van der Waals surface area contributed by atoms with E-state index in [0.29, 0.717) is 28.8 Å². The molecule has 126 valence electrons. The van der Waals surface area contributed by atoms with E-state index >= 15 is 0 Å². The molecule has 1 aromatic carbocycles. The van der Waals surface area contributed by atoms with Gasteiger partial charge >= 0.3 is 6.01 Å². The van der Waals surface area contributed by atoms with Crippen LogP contribution in [0.2, 0.25) is 0 Å². The number of aliphatic imine (C=N–C) groups is 1. The Morgan fingerprint density at radius 1 is 1.21 bits per heavy atom. The first kappa shape index (κ1) is 17.5. The highest BCUT2D eigenvalue weighted by Gasteiger charge is 2.06. The molecule has 0 aliphatic heterocycles. The molecule has 6 heteroatoms. The van der Waals surface area contributed by atoms with Gasteiger partial charge in [-0.25, -0.2) is 0 Å². The van der Waals surface area contributed by atoms with E-state index in [0.717, 1.165) is 5.75 Å². The zero-order valence-electron chi connectivity index (χ0n) is 14.1. The smallest absolute Gasteiger partial charge is 0.325 e. The van der Waals surface area contributed by atoms with Gasteiger partial charge in [-0.1, -0.05) is 19.9 Å². The van der Waals surface area contributed by atoms with E-state index < -0.39 is 0 Å². The fraction of sp³-hybridized carbons (Fsp3) is 0.278. The number of aromatic hydroxyl groups is 1. The number of benzene rings is 1. The number of ether oxygens (including phenoxy) is 2. The van der Waals surface area contributed by atoms with Gasteiger partial charge in [0.15, 0.2) is 0 Å². The first-order chi connectivity index (χ1) is 11.5. The van der Waals surface area contributed by atoms with Crippen molar-refractivity contribution < 1.29 is 14.6 Å². The monoisotopic (exact) mass is 327 g/mol. The molecular formula is C18H21N3O3. The highest BCUT2D eigenvalue weighted by Crippen LogP contribution is 2.21. The Balaban J connectivity index is 2.22. The molecule has 0 bridgehead atoms. The van der Waals surface area contributed by atoms with E-state index in [4.69, 9.17) is 9.47 Å². The zero-order valence-corrected chi connectivity index (χ0v) is 14.1. The number of rotatable bonds is 6. The molecule has 2 rings (SSSR count). The molecule has 0 fully saturated rings. The number of aromatic nitrogens is 2. The molecule has 24 heavy (non-hydrogen) atoms. The lowest BCUT2D eigenvalue weighted by atomic mass is 10.2. The van der Waals surface area contributed by atoms with Crippen molar-refractivity contribution in [3.8, 4) is 23.4 Å². The normalized spacial score (nSPS) is 12.5. The SMILES string of the molecule is C=N/C=c1/nc(Oc2ccc(OCC(C)C)cc2)nc(O)/c1=C/C. The lowest BCUT2D eigenvalue weighted by molar-refractivity contribution is 0.270. The summed E-state index contributed by atoms with van der Waals surface area (Å²) in [7, 11) is 0. The van der Waals surface area contributed by atoms with Crippen molar-refractivity contribution in [1.29, 1.82) is 0 Å². The maximum Gasteiger partial charge on any atom is 0.325 e. The van der Waals surface area contributed by atoms with Gasteiger partial charge in [-0.05, 0) is 43.8 Å². The van der Waals surface area contributed by atoms with Gasteiger partial charge in [-0.2, -0.15) is 9.97 Å². The van der Waals surface area contributed by atoms with E-state index in [1.807, 2.05) is 12.1 Å². The van der Waals surface area contributed by atoms with Crippen LogP contribution in [0.3, 0.4) is 0 Å². The van der Waals surface area contributed by atoms with Gasteiger partial charge in [0.25, 0.3) is 0 Å². The van der Waals surface area contributed by atoms with Crippen LogP contribution in [-0.4, -0.2) is 28.4 Å². The molecule has 0 radical (unpaired) electrons. The van der Waals surface area contributed by atoms with Gasteiger partial charge in [0.05, 0.1) is 23.4 Å². The lowest BCUT2D eigenvalue weighted by Crippen LogP contribution is -2.29. The summed E-state index contributed by atoms with van der Waals surface area (Å²) in [5, 5.41) is 10.9. The van der Waals surface area contributed by atoms with E-state index in [1.165, 1.54) is 6.20 Å². The Kier molecular flexibility index (Phi) is 5.89. The molecule has 0 atom stereocenters. The van der Waals surface area contributed by atoms with Crippen molar-refractivity contribution in [2.75, 3.05) is 6.61 Å². The van der Waals surface area contributed by atoms with Crippen LogP contribution in [0.15, 0.2) is 29.3 Å². The third-order valence-corrected chi connectivity index (χ3v) is 3.05. The molecule has 1 heterocycles. The lowest BCUT2D eigenvalue weighted by Gasteiger charge is -2.09. The molecule has 0 saturated heterocycles. The van der Waals surface area contributed by atoms with Crippen LogP contribution in [0.1, 0.15) is 20.8 Å². The minimum Gasteiger partial charge on any atom is -0.493 e. The average Bonchev–Trinajstić information content (AvgIpc) is 2.54. The fourth-order valence-electron chi connectivity index (χ4n) is 1.93. The van der Waals surface area contributed by atoms with Gasteiger partial charge in [0.2, 0.25) is 5.88 Å². The first-order valence-corrected chi connectivity index (χ1v) is 7.63. The third kappa shape index (κ3) is 4.55. The number of hydrogen-bond acceptors (Lipinski definition) is 6. The van der Waals surface area contributed by atoms with E-state index in [-0.39, 0.29) is 11.9 Å². The zero-order chi connectivity index (χ0) is 17.5. The summed E-state index contributed by atoms with van der Waals surface area (Å²) in [6.45, 7) is 10.0. The van der Waals surface area contributed by atoms with Crippen molar-refractivity contribution in [3.05, 3.63) is 34.8 Å². The predicted octanol–water partition coefficient (Wildman–Crippen LogP) is 2.25. The summed E-state index contributed by atoms with van der Waals surface area (Å²) < 4.78 is 11.2. The Hall–Kier alpha value is -2.89. The summed E-state index contributed by atoms with van der Waals surface area (Å²) in [4.78, 5) is 11.8. The van der Waals surface area contributed by atoms with Crippen LogP contribution < -0.4 is 20.0 Å². The fourth-order valence-corrected chi connectivity index (χ4v) is 1.93. The van der Waals surface area contributed by atoms with Crippen molar-refractivity contribution >= 4 is 19.0 Å². The Morgan fingerprint density at radius 3 is 2.46 bits per heavy atom. The molecule has 1 aromatic heterocycles. The van der Waals surface area contributed by atoms with Crippen LogP contribution in [-0.2, 0) is 0 Å². The minimum absolute atomic E-state index is 0.0313. The molecule has 0 amide bonds. The van der Waals surface area contributed by atoms with Crippen LogP contribution in [0, 0.1) is 5.92 Å². The summed E-state index contributed by atoms with van der Waals surface area (Å²) >= 11 is 0. The largest absolute Gasteiger partial charge is 0.493 e. The van der Waals surface area contributed by atoms with E-state index in [9.17, 15) is 5.11 Å². The summed E-state index contributed by atoms with van der Waals surface area (Å²) in [6.07, 6.45) is 3.13. The van der Waals surface area contributed by atoms with Gasteiger partial charge in [-0.3, -0.25) is 4.99 Å². The summed E-state index contributed by atoms with van der Waals surface area (Å²) in [5.41, 5.74) is 0. The second-order valence-electron chi connectivity index (χ2n) is 5.51. The van der Waals surface area contributed by atoms with Crippen molar-refractivity contribution in [2.45, 2.75) is 20.8 Å². The highest BCUT2D eigenvalue weighted by atomic mass is 16.5. The maximum atomic E-state index is 9.98. The van der Waals surface area contributed by atoms with Crippen molar-refractivity contribution in [3.63, 3.8) is 0 Å². The number of nitrogens with zero attached hydrogens (tertiary/aromatic N) is 3. The van der Waals surface area contributed by atoms with Gasteiger partial charge in [0.1, 0.15) is 11.5 Å². The molecule has 0 saturated carbocycles. The summed E-state index contributed by atoms with van der Waals surface area (Å²) in [5.74, 6) is 1.59. The highest BCUT2D eigenvalue weighted by molar-refractivity contribution is 5.39. The first-order valence-electron chi connectivity index (χ1n) is 7.63. The predicted molar refractivity (Wildman–Crippen MR) is 93.9 cm³/mol. The second-order valence-corrected chi connectivity index (χ2v) is 5.51. The second kappa shape index (κ2) is 8.10. The Bertz CT molecular complexity index is 815. The Labute approximate surface area is 140 Å². The molecule has 0 unspecified atom stereocenters. The van der Waals surface area contributed by atoms with Crippen LogP contribution >= 0.6 is 0 Å². The molecule has 0 aliphatic carbocycles. The van der Waals surface area contributed by atoms with E-state index in [2.05, 4.69) is 35.5 Å². The average molecular weight is 327 g/mol. The quantitative estimate of drug-likeness (QED) is 0.824. The molecular weight excluding hydrogens is 306 g/mol. The molecule has 6 nitrogen and oxygen atoms in total. The molecule has 0 aliphatic rings. The molecule has 0 spiro atoms. The van der Waals surface area contributed by atoms with Crippen LogP contribution in [0.5, 0.6) is 23.4 Å². The van der Waals surface area contributed by atoms with Crippen molar-refractivity contribution in [1.82, 2.24) is 9.97 Å². The van der Waals surface area contributed by atoms with Crippen LogP contribution in [0.4, 0.5) is 0 Å². The molecule has 2 aromatic rings. The Morgan fingerprint density at radius 2 is 1.88 bits per heavy atom. The van der Waals surface area contributed by atoms with Crippen molar-refractivity contribution in [2.24, 2.45) is 10.9 Å². The minimum atomic E-state index is -0.172. The maximum absolute atomic E-state index is 9.98. The third-order valence-electron chi connectivity index (χ3n) is 3.05. The van der Waals surface area contributed by atoms with E-state index in [1.54, 1.807) is 25.1 Å².